The number of halogens is 3. The lowest BCUT2D eigenvalue weighted by atomic mass is 9.80. The largest absolute Gasteiger partial charge is 0.402 e. The van der Waals surface area contributed by atoms with Gasteiger partial charge < -0.3 is 5.32 Å². The third-order valence-electron chi connectivity index (χ3n) is 2.99. The number of carbonyl (C=O) groups excluding carboxylic acids is 1. The molecule has 5 heteroatoms. The van der Waals surface area contributed by atoms with Crippen LogP contribution in [-0.2, 0) is 4.79 Å². The molecule has 15 heavy (non-hydrogen) atoms. The summed E-state index contributed by atoms with van der Waals surface area (Å²) in [5.41, 5.74) is -2.11. The minimum Gasteiger partial charge on any atom is -0.315 e. The molecule has 1 N–H and O–H groups in total. The van der Waals surface area contributed by atoms with Gasteiger partial charge in [-0.05, 0) is 19.4 Å². The average Bonchev–Trinajstić information content (AvgIpc) is 2.62. The van der Waals surface area contributed by atoms with Crippen molar-refractivity contribution in [3.63, 3.8) is 0 Å². The van der Waals surface area contributed by atoms with Gasteiger partial charge in [-0.25, -0.2) is 0 Å². The number of ketones is 1. The first-order valence-corrected chi connectivity index (χ1v) is 5.25. The van der Waals surface area contributed by atoms with Crippen LogP contribution in [0.5, 0.6) is 0 Å². The zero-order valence-electron chi connectivity index (χ0n) is 8.78. The van der Waals surface area contributed by atoms with E-state index in [1.165, 1.54) is 0 Å². The van der Waals surface area contributed by atoms with E-state index >= 15 is 0 Å². The third-order valence-corrected chi connectivity index (χ3v) is 2.99. The SMILES string of the molecule is CCCCC(=O)C1(C(F)(F)F)CCNC1. The van der Waals surface area contributed by atoms with Gasteiger partial charge in [0, 0.05) is 13.0 Å². The van der Waals surface area contributed by atoms with Crippen molar-refractivity contribution in [2.75, 3.05) is 13.1 Å². The van der Waals surface area contributed by atoms with Gasteiger partial charge in [-0.15, -0.1) is 0 Å². The molecule has 0 spiro atoms. The zero-order valence-corrected chi connectivity index (χ0v) is 8.78. The minimum absolute atomic E-state index is 0.0394. The fourth-order valence-electron chi connectivity index (χ4n) is 1.91. The number of hydrogen-bond donors (Lipinski definition) is 1. The Kier molecular flexibility index (Phi) is 3.76. The molecule has 2 nitrogen and oxygen atoms in total. The maximum atomic E-state index is 12.8. The molecule has 1 rings (SSSR count). The van der Waals surface area contributed by atoms with E-state index in [0.29, 0.717) is 6.42 Å². The quantitative estimate of drug-likeness (QED) is 0.792. The number of nitrogens with one attached hydrogen (secondary N) is 1. The van der Waals surface area contributed by atoms with Gasteiger partial charge in [-0.3, -0.25) is 4.79 Å². The molecular formula is C10H16F3NO. The van der Waals surface area contributed by atoms with Crippen molar-refractivity contribution in [1.29, 1.82) is 0 Å². The highest BCUT2D eigenvalue weighted by Crippen LogP contribution is 2.44. The average molecular weight is 223 g/mol. The van der Waals surface area contributed by atoms with Gasteiger partial charge >= 0.3 is 6.18 Å². The summed E-state index contributed by atoms with van der Waals surface area (Å²) >= 11 is 0. The van der Waals surface area contributed by atoms with Crippen LogP contribution in [-0.4, -0.2) is 25.0 Å². The summed E-state index contributed by atoms with van der Waals surface area (Å²) in [6.45, 7) is 1.89. The van der Waals surface area contributed by atoms with Crippen LogP contribution >= 0.6 is 0 Å². The van der Waals surface area contributed by atoms with Crippen molar-refractivity contribution < 1.29 is 18.0 Å². The van der Waals surface area contributed by atoms with Crippen LogP contribution in [0.3, 0.4) is 0 Å². The van der Waals surface area contributed by atoms with Gasteiger partial charge in [0.25, 0.3) is 0 Å². The molecule has 88 valence electrons. The molecule has 1 heterocycles. The molecule has 0 aromatic rings. The molecular weight excluding hydrogens is 207 g/mol. The predicted molar refractivity (Wildman–Crippen MR) is 50.5 cm³/mol. The molecule has 0 aromatic carbocycles. The van der Waals surface area contributed by atoms with Crippen LogP contribution in [0.25, 0.3) is 0 Å². The summed E-state index contributed by atoms with van der Waals surface area (Å²) in [4.78, 5) is 11.6. The second-order valence-electron chi connectivity index (χ2n) is 4.03. The molecule has 1 fully saturated rings. The number of unbranched alkanes of at least 4 members (excludes halogenated alkanes) is 1. The molecule has 1 aliphatic rings. The topological polar surface area (TPSA) is 29.1 Å². The highest BCUT2D eigenvalue weighted by atomic mass is 19.4. The molecule has 0 aromatic heterocycles. The molecule has 0 bridgehead atoms. The third kappa shape index (κ3) is 2.33. The summed E-state index contributed by atoms with van der Waals surface area (Å²) in [6, 6.07) is 0. The van der Waals surface area contributed by atoms with E-state index in [9.17, 15) is 18.0 Å². The lowest BCUT2D eigenvalue weighted by Crippen LogP contribution is -2.46. The van der Waals surface area contributed by atoms with Crippen LogP contribution < -0.4 is 5.32 Å². The lowest BCUT2D eigenvalue weighted by molar-refractivity contribution is -0.214. The maximum Gasteiger partial charge on any atom is 0.402 e. The highest BCUT2D eigenvalue weighted by molar-refractivity contribution is 5.86. The minimum atomic E-state index is -4.42. The number of carbonyl (C=O) groups is 1. The Morgan fingerprint density at radius 2 is 2.13 bits per heavy atom. The first kappa shape index (κ1) is 12.5. The van der Waals surface area contributed by atoms with Gasteiger partial charge in [0.2, 0.25) is 0 Å². The Balaban J connectivity index is 2.78. The first-order valence-electron chi connectivity index (χ1n) is 5.25. The summed E-state index contributed by atoms with van der Waals surface area (Å²) < 4.78 is 38.5. The van der Waals surface area contributed by atoms with Gasteiger partial charge in [-0.1, -0.05) is 13.3 Å². The number of Topliss-reactive ketones (excluding diaryl/α,β-unsaturated/α-hetero) is 1. The van der Waals surface area contributed by atoms with Crippen LogP contribution in [0.2, 0.25) is 0 Å². The van der Waals surface area contributed by atoms with Gasteiger partial charge in [0.05, 0.1) is 0 Å². The molecule has 0 amide bonds. The van der Waals surface area contributed by atoms with Gasteiger partial charge in [0.1, 0.15) is 11.2 Å². The van der Waals surface area contributed by atoms with E-state index in [4.69, 9.17) is 0 Å². The van der Waals surface area contributed by atoms with E-state index in [-0.39, 0.29) is 25.9 Å². The summed E-state index contributed by atoms with van der Waals surface area (Å²) in [5, 5.41) is 2.64. The zero-order chi connectivity index (χ0) is 11.5. The Morgan fingerprint density at radius 1 is 1.47 bits per heavy atom. The smallest absolute Gasteiger partial charge is 0.315 e. The summed E-state index contributed by atoms with van der Waals surface area (Å²) in [7, 11) is 0. The number of rotatable bonds is 4. The van der Waals surface area contributed by atoms with Gasteiger partial charge in [-0.2, -0.15) is 13.2 Å². The molecule has 0 saturated carbocycles. The first-order chi connectivity index (χ1) is 6.94. The van der Waals surface area contributed by atoms with Crippen LogP contribution in [0.1, 0.15) is 32.6 Å². The Morgan fingerprint density at radius 3 is 2.53 bits per heavy atom. The number of alkyl halides is 3. The van der Waals surface area contributed by atoms with Crippen LogP contribution in [0.15, 0.2) is 0 Å². The predicted octanol–water partition coefficient (Wildman–Crippen LogP) is 2.29. The summed E-state index contributed by atoms with van der Waals surface area (Å²) in [6.07, 6.45) is -3.21. The monoisotopic (exact) mass is 223 g/mol. The van der Waals surface area contributed by atoms with Crippen molar-refractivity contribution in [2.45, 2.75) is 38.8 Å². The maximum absolute atomic E-state index is 12.8. The molecule has 1 saturated heterocycles. The van der Waals surface area contributed by atoms with Crippen molar-refractivity contribution in [2.24, 2.45) is 5.41 Å². The summed E-state index contributed by atoms with van der Waals surface area (Å²) in [5.74, 6) is -0.651. The molecule has 1 atom stereocenters. The van der Waals surface area contributed by atoms with Crippen molar-refractivity contribution in [1.82, 2.24) is 5.32 Å². The fourth-order valence-corrected chi connectivity index (χ4v) is 1.91. The second kappa shape index (κ2) is 4.51. The van der Waals surface area contributed by atoms with Gasteiger partial charge in [0.15, 0.2) is 0 Å². The normalized spacial score (nSPS) is 26.9. The van der Waals surface area contributed by atoms with Crippen LogP contribution in [0.4, 0.5) is 13.2 Å². The molecule has 0 radical (unpaired) electrons. The Bertz CT molecular complexity index is 231. The van der Waals surface area contributed by atoms with Crippen molar-refractivity contribution >= 4 is 5.78 Å². The lowest BCUT2D eigenvalue weighted by Gasteiger charge is -2.29. The van der Waals surface area contributed by atoms with Crippen LogP contribution in [0, 0.1) is 5.41 Å². The molecule has 1 aliphatic heterocycles. The number of hydrogen-bond acceptors (Lipinski definition) is 2. The van der Waals surface area contributed by atoms with Crippen molar-refractivity contribution in [3.05, 3.63) is 0 Å². The fraction of sp³-hybridized carbons (Fsp3) is 0.900. The standard InChI is InChI=1S/C10H16F3NO/c1-2-3-4-8(15)9(10(11,12)13)5-6-14-7-9/h14H,2-7H2,1H3. The molecule has 1 unspecified atom stereocenters. The highest BCUT2D eigenvalue weighted by Gasteiger charge is 2.60. The van der Waals surface area contributed by atoms with E-state index in [2.05, 4.69) is 5.32 Å². The van der Waals surface area contributed by atoms with E-state index in [1.807, 2.05) is 6.92 Å². The van der Waals surface area contributed by atoms with E-state index in [1.54, 1.807) is 0 Å². The Labute approximate surface area is 87.2 Å². The van der Waals surface area contributed by atoms with Crippen molar-refractivity contribution in [3.8, 4) is 0 Å². The molecule has 0 aliphatic carbocycles. The van der Waals surface area contributed by atoms with E-state index < -0.39 is 17.4 Å². The Hall–Kier alpha value is -0.580. The van der Waals surface area contributed by atoms with E-state index in [0.717, 1.165) is 6.42 Å². The second-order valence-corrected chi connectivity index (χ2v) is 4.03.